The molecular formula is C14H18N2O. The van der Waals surface area contributed by atoms with E-state index in [9.17, 15) is 4.79 Å². The number of nitrogens with one attached hydrogen (secondary N) is 2. The monoisotopic (exact) mass is 230 g/mol. The summed E-state index contributed by atoms with van der Waals surface area (Å²) in [5, 5.41) is 5.64. The van der Waals surface area contributed by atoms with E-state index in [2.05, 4.69) is 29.3 Å². The molecule has 0 radical (unpaired) electrons. The van der Waals surface area contributed by atoms with Gasteiger partial charge in [-0.2, -0.15) is 0 Å². The number of rotatable bonds is 5. The molecular weight excluding hydrogens is 212 g/mol. The van der Waals surface area contributed by atoms with Crippen LogP contribution < -0.4 is 10.6 Å². The first-order valence-electron chi connectivity index (χ1n) is 5.95. The fraction of sp³-hybridized carbons (Fsp3) is 0.357. The molecule has 1 aromatic carbocycles. The summed E-state index contributed by atoms with van der Waals surface area (Å²) in [6.45, 7) is 4.77. The molecule has 17 heavy (non-hydrogen) atoms. The van der Waals surface area contributed by atoms with Crippen molar-refractivity contribution in [2.24, 2.45) is 0 Å². The minimum atomic E-state index is -0.118. The Morgan fingerprint density at radius 2 is 2.00 bits per heavy atom. The highest BCUT2D eigenvalue weighted by molar-refractivity contribution is 5.74. The molecule has 0 spiro atoms. The lowest BCUT2D eigenvalue weighted by Gasteiger charge is -2.16. The number of amides is 2. The van der Waals surface area contributed by atoms with E-state index in [1.54, 1.807) is 6.08 Å². The Hall–Kier alpha value is -1.77. The van der Waals surface area contributed by atoms with Gasteiger partial charge in [0.05, 0.1) is 0 Å². The Morgan fingerprint density at radius 1 is 1.29 bits per heavy atom. The van der Waals surface area contributed by atoms with Crippen molar-refractivity contribution >= 4 is 6.03 Å². The molecule has 0 aliphatic heterocycles. The smallest absolute Gasteiger partial charge is 0.315 e. The fourth-order valence-corrected chi connectivity index (χ4v) is 1.99. The Morgan fingerprint density at radius 3 is 2.59 bits per heavy atom. The van der Waals surface area contributed by atoms with Gasteiger partial charge in [0.2, 0.25) is 0 Å². The highest BCUT2D eigenvalue weighted by atomic mass is 16.2. The zero-order chi connectivity index (χ0) is 12.1. The van der Waals surface area contributed by atoms with E-state index in [0.29, 0.717) is 13.1 Å². The molecule has 1 aromatic rings. The van der Waals surface area contributed by atoms with Gasteiger partial charge in [0.15, 0.2) is 0 Å². The first-order valence-corrected chi connectivity index (χ1v) is 5.95. The van der Waals surface area contributed by atoms with E-state index < -0.39 is 0 Å². The maximum absolute atomic E-state index is 11.4. The first-order chi connectivity index (χ1) is 8.27. The SMILES string of the molecule is C=CCNC(=O)NCC1(c2ccccc2)CC1. The zero-order valence-electron chi connectivity index (χ0n) is 9.91. The molecule has 0 heterocycles. The van der Waals surface area contributed by atoms with Gasteiger partial charge in [0.1, 0.15) is 0 Å². The normalized spacial score (nSPS) is 16.0. The van der Waals surface area contributed by atoms with Gasteiger partial charge in [0, 0.05) is 18.5 Å². The van der Waals surface area contributed by atoms with Crippen LogP contribution >= 0.6 is 0 Å². The van der Waals surface area contributed by atoms with Crippen molar-refractivity contribution in [3.8, 4) is 0 Å². The molecule has 0 bridgehead atoms. The molecule has 3 nitrogen and oxygen atoms in total. The van der Waals surface area contributed by atoms with Crippen LogP contribution in [0.5, 0.6) is 0 Å². The third-order valence-electron chi connectivity index (χ3n) is 3.23. The fourth-order valence-electron chi connectivity index (χ4n) is 1.99. The Balaban J connectivity index is 1.87. The molecule has 2 N–H and O–H groups in total. The third-order valence-corrected chi connectivity index (χ3v) is 3.23. The molecule has 0 saturated heterocycles. The lowest BCUT2D eigenvalue weighted by Crippen LogP contribution is -2.39. The summed E-state index contributed by atoms with van der Waals surface area (Å²) < 4.78 is 0. The van der Waals surface area contributed by atoms with Crippen LogP contribution in [-0.2, 0) is 5.41 Å². The molecule has 0 unspecified atom stereocenters. The summed E-state index contributed by atoms with van der Waals surface area (Å²) in [5.74, 6) is 0. The summed E-state index contributed by atoms with van der Waals surface area (Å²) in [7, 11) is 0. The summed E-state index contributed by atoms with van der Waals surface area (Å²) in [6.07, 6.45) is 3.97. The highest BCUT2D eigenvalue weighted by Gasteiger charge is 2.44. The van der Waals surface area contributed by atoms with Crippen LogP contribution in [0.25, 0.3) is 0 Å². The molecule has 2 rings (SSSR count). The number of hydrogen-bond donors (Lipinski definition) is 2. The predicted molar refractivity (Wildman–Crippen MR) is 69.0 cm³/mol. The number of urea groups is 1. The number of carbonyl (C=O) groups is 1. The molecule has 90 valence electrons. The molecule has 1 aliphatic rings. The van der Waals surface area contributed by atoms with E-state index in [1.165, 1.54) is 5.56 Å². The zero-order valence-corrected chi connectivity index (χ0v) is 9.91. The van der Waals surface area contributed by atoms with E-state index in [0.717, 1.165) is 12.8 Å². The molecule has 3 heteroatoms. The van der Waals surface area contributed by atoms with Crippen LogP contribution in [-0.4, -0.2) is 19.1 Å². The van der Waals surface area contributed by atoms with E-state index in [1.807, 2.05) is 18.2 Å². The van der Waals surface area contributed by atoms with Crippen LogP contribution in [0.3, 0.4) is 0 Å². The van der Waals surface area contributed by atoms with Gasteiger partial charge in [-0.25, -0.2) is 4.79 Å². The van der Waals surface area contributed by atoms with Crippen molar-refractivity contribution < 1.29 is 4.79 Å². The van der Waals surface area contributed by atoms with Gasteiger partial charge in [-0.3, -0.25) is 0 Å². The Kier molecular flexibility index (Phi) is 3.47. The summed E-state index contributed by atoms with van der Waals surface area (Å²) in [4.78, 5) is 11.4. The predicted octanol–water partition coefficient (Wildman–Crippen LogP) is 2.20. The van der Waals surface area contributed by atoms with Gasteiger partial charge >= 0.3 is 6.03 Å². The summed E-state index contributed by atoms with van der Waals surface area (Å²) in [6, 6.07) is 10.3. The second-order valence-corrected chi connectivity index (χ2v) is 4.50. The third kappa shape index (κ3) is 2.87. The van der Waals surface area contributed by atoms with Crippen LogP contribution in [0.2, 0.25) is 0 Å². The minimum absolute atomic E-state index is 0.118. The van der Waals surface area contributed by atoms with Crippen molar-refractivity contribution in [3.63, 3.8) is 0 Å². The van der Waals surface area contributed by atoms with E-state index in [-0.39, 0.29) is 11.4 Å². The van der Waals surface area contributed by atoms with Gasteiger partial charge in [-0.15, -0.1) is 6.58 Å². The van der Waals surface area contributed by atoms with Crippen molar-refractivity contribution in [2.45, 2.75) is 18.3 Å². The number of carbonyl (C=O) groups excluding carboxylic acids is 1. The lowest BCUT2D eigenvalue weighted by molar-refractivity contribution is 0.241. The van der Waals surface area contributed by atoms with Gasteiger partial charge < -0.3 is 10.6 Å². The van der Waals surface area contributed by atoms with Gasteiger partial charge in [-0.05, 0) is 18.4 Å². The second kappa shape index (κ2) is 5.04. The first kappa shape index (κ1) is 11.7. The van der Waals surface area contributed by atoms with Gasteiger partial charge in [-0.1, -0.05) is 36.4 Å². The summed E-state index contributed by atoms with van der Waals surface area (Å²) >= 11 is 0. The average molecular weight is 230 g/mol. The van der Waals surface area contributed by atoms with Crippen LogP contribution in [0.4, 0.5) is 4.79 Å². The van der Waals surface area contributed by atoms with Gasteiger partial charge in [0.25, 0.3) is 0 Å². The lowest BCUT2D eigenvalue weighted by atomic mass is 9.96. The minimum Gasteiger partial charge on any atom is -0.337 e. The van der Waals surface area contributed by atoms with Crippen molar-refractivity contribution in [3.05, 3.63) is 48.6 Å². The standard InChI is InChI=1S/C14H18N2O/c1-2-10-15-13(17)16-11-14(8-9-14)12-6-4-3-5-7-12/h2-7H,1,8-11H2,(H2,15,16,17). The quantitative estimate of drug-likeness (QED) is 0.748. The van der Waals surface area contributed by atoms with E-state index in [4.69, 9.17) is 0 Å². The second-order valence-electron chi connectivity index (χ2n) is 4.50. The largest absolute Gasteiger partial charge is 0.337 e. The van der Waals surface area contributed by atoms with Crippen LogP contribution in [0.1, 0.15) is 18.4 Å². The molecule has 1 fully saturated rings. The maximum atomic E-state index is 11.4. The Bertz CT molecular complexity index is 396. The Labute approximate surface area is 102 Å². The molecule has 2 amide bonds. The molecule has 0 aromatic heterocycles. The average Bonchev–Trinajstić information content (AvgIpc) is 3.16. The van der Waals surface area contributed by atoms with Crippen LogP contribution in [0.15, 0.2) is 43.0 Å². The molecule has 0 atom stereocenters. The number of benzene rings is 1. The highest BCUT2D eigenvalue weighted by Crippen LogP contribution is 2.47. The summed E-state index contributed by atoms with van der Waals surface area (Å²) in [5.41, 5.74) is 1.50. The van der Waals surface area contributed by atoms with Crippen molar-refractivity contribution in [2.75, 3.05) is 13.1 Å². The maximum Gasteiger partial charge on any atom is 0.315 e. The van der Waals surface area contributed by atoms with Crippen molar-refractivity contribution in [1.82, 2.24) is 10.6 Å². The molecule has 1 aliphatic carbocycles. The van der Waals surface area contributed by atoms with E-state index >= 15 is 0 Å². The number of hydrogen-bond acceptors (Lipinski definition) is 1. The molecule has 1 saturated carbocycles. The topological polar surface area (TPSA) is 41.1 Å². The van der Waals surface area contributed by atoms with Crippen molar-refractivity contribution in [1.29, 1.82) is 0 Å². The van der Waals surface area contributed by atoms with Crippen LogP contribution in [0, 0.1) is 0 Å².